The number of carbonyl (C=O) groups is 2. The van der Waals surface area contributed by atoms with Crippen molar-refractivity contribution >= 4 is 34.6 Å². The second-order valence-electron chi connectivity index (χ2n) is 6.98. The Labute approximate surface area is 166 Å². The molecule has 2 aromatic carbocycles. The van der Waals surface area contributed by atoms with Crippen molar-refractivity contribution in [3.63, 3.8) is 0 Å². The lowest BCUT2D eigenvalue weighted by molar-refractivity contribution is 0.0698. The number of amides is 1. The molecule has 6 nitrogen and oxygen atoms in total. The van der Waals surface area contributed by atoms with Crippen LogP contribution in [0.5, 0.6) is 0 Å². The van der Waals surface area contributed by atoms with E-state index >= 15 is 0 Å². The molecule has 28 heavy (non-hydrogen) atoms. The number of aromatic amines is 1. The Balaban J connectivity index is 1.53. The molecule has 2 N–H and O–H groups in total. The predicted octanol–water partition coefficient (Wildman–Crippen LogP) is 4.64. The van der Waals surface area contributed by atoms with Crippen LogP contribution in [0, 0.1) is 0 Å². The third-order valence-electron chi connectivity index (χ3n) is 5.14. The van der Waals surface area contributed by atoms with Gasteiger partial charge in [-0.2, -0.15) is 0 Å². The molecule has 1 aliphatic rings. The van der Waals surface area contributed by atoms with Crippen LogP contribution in [0.15, 0.2) is 48.7 Å². The molecule has 3 aromatic rings. The smallest absolute Gasteiger partial charge is 0.410 e. The Hall–Kier alpha value is -2.99. The molecule has 0 bridgehead atoms. The van der Waals surface area contributed by atoms with Crippen molar-refractivity contribution in [3.8, 4) is 0 Å². The third kappa shape index (κ3) is 3.31. The Morgan fingerprint density at radius 3 is 2.89 bits per heavy atom. The molecule has 1 fully saturated rings. The predicted molar refractivity (Wildman–Crippen MR) is 106 cm³/mol. The van der Waals surface area contributed by atoms with E-state index in [1.54, 1.807) is 29.2 Å². The summed E-state index contributed by atoms with van der Waals surface area (Å²) in [7, 11) is 0. The van der Waals surface area contributed by atoms with Gasteiger partial charge in [-0.1, -0.05) is 35.9 Å². The molecular formula is C21H19ClN2O4. The fourth-order valence-electron chi connectivity index (χ4n) is 3.71. The average Bonchev–Trinajstić information content (AvgIpc) is 3.25. The summed E-state index contributed by atoms with van der Waals surface area (Å²) in [6.07, 6.45) is 1.68. The molecule has 1 saturated heterocycles. The number of nitrogens with one attached hydrogen (secondary N) is 1. The number of fused-ring (bicyclic) bond motifs is 1. The van der Waals surface area contributed by atoms with E-state index in [4.69, 9.17) is 16.3 Å². The van der Waals surface area contributed by atoms with Gasteiger partial charge in [0.2, 0.25) is 0 Å². The van der Waals surface area contributed by atoms with E-state index in [9.17, 15) is 14.7 Å². The Morgan fingerprint density at radius 1 is 1.36 bits per heavy atom. The number of carboxylic acid groups (broad SMARTS) is 1. The first-order valence-corrected chi connectivity index (χ1v) is 9.37. The minimum atomic E-state index is -0.973. The number of rotatable bonds is 5. The number of ether oxygens (including phenoxy) is 1. The molecule has 0 saturated carbocycles. The topological polar surface area (TPSA) is 82.6 Å². The van der Waals surface area contributed by atoms with E-state index in [1.807, 2.05) is 31.3 Å². The number of hydrogen-bond acceptors (Lipinski definition) is 3. The minimum absolute atomic E-state index is 0.107. The molecule has 0 spiro atoms. The number of hydrogen-bond donors (Lipinski definition) is 2. The van der Waals surface area contributed by atoms with E-state index < -0.39 is 5.97 Å². The van der Waals surface area contributed by atoms with Crippen LogP contribution >= 0.6 is 11.6 Å². The molecule has 0 unspecified atom stereocenters. The van der Waals surface area contributed by atoms with Crippen LogP contribution in [0.25, 0.3) is 10.9 Å². The molecular weight excluding hydrogens is 380 g/mol. The fourth-order valence-corrected chi connectivity index (χ4v) is 3.91. The number of halogens is 1. The van der Waals surface area contributed by atoms with Gasteiger partial charge >= 0.3 is 12.1 Å². The van der Waals surface area contributed by atoms with Crippen molar-refractivity contribution in [2.24, 2.45) is 0 Å². The monoisotopic (exact) mass is 398 g/mol. The maximum Gasteiger partial charge on any atom is 0.410 e. The summed E-state index contributed by atoms with van der Waals surface area (Å²) < 4.78 is 5.54. The van der Waals surface area contributed by atoms with Gasteiger partial charge in [0.25, 0.3) is 0 Å². The zero-order chi connectivity index (χ0) is 19.8. The molecule has 4 rings (SSSR count). The molecule has 2 atom stereocenters. The highest BCUT2D eigenvalue weighted by Crippen LogP contribution is 2.30. The Morgan fingerprint density at radius 2 is 2.14 bits per heavy atom. The Kier molecular flexibility index (Phi) is 4.73. The number of aromatic nitrogens is 1. The first kappa shape index (κ1) is 18.4. The summed E-state index contributed by atoms with van der Waals surface area (Å²) in [6.45, 7) is 2.41. The summed E-state index contributed by atoms with van der Waals surface area (Å²) in [5.74, 6) is -0.973. The zero-order valence-electron chi connectivity index (χ0n) is 15.2. The van der Waals surface area contributed by atoms with Gasteiger partial charge in [0.05, 0.1) is 17.6 Å². The number of H-pyrrole nitrogens is 1. The summed E-state index contributed by atoms with van der Waals surface area (Å²) in [6, 6.07) is 12.4. The number of carboxylic acids is 1. The number of cyclic esters (lactones) is 1. The standard InChI is InChI=1S/C21H19ClN2O4/c1-12(8-14-10-23-19-16(14)6-3-7-17(19)20(25)26)24-11-18(28-21(24)27)13-4-2-5-15(22)9-13/h2-7,9-10,12,18,23H,8,11H2,1H3,(H,25,26)/t12-,18+/m1/s1. The van der Waals surface area contributed by atoms with Gasteiger partial charge in [0.1, 0.15) is 6.10 Å². The third-order valence-corrected chi connectivity index (χ3v) is 5.37. The van der Waals surface area contributed by atoms with Crippen LogP contribution in [0.4, 0.5) is 4.79 Å². The lowest BCUT2D eigenvalue weighted by atomic mass is 10.0. The summed E-state index contributed by atoms with van der Waals surface area (Å²) in [5, 5.41) is 10.8. The van der Waals surface area contributed by atoms with Crippen molar-refractivity contribution in [1.82, 2.24) is 9.88 Å². The molecule has 144 valence electrons. The highest BCUT2D eigenvalue weighted by atomic mass is 35.5. The van der Waals surface area contributed by atoms with Crippen LogP contribution in [-0.2, 0) is 11.2 Å². The lowest BCUT2D eigenvalue weighted by Crippen LogP contribution is -2.35. The first-order valence-electron chi connectivity index (χ1n) is 8.99. The van der Waals surface area contributed by atoms with Crippen molar-refractivity contribution in [2.75, 3.05) is 6.54 Å². The molecule has 1 amide bonds. The normalized spacial score (nSPS) is 17.7. The molecule has 7 heteroatoms. The fraction of sp³-hybridized carbons (Fsp3) is 0.238. The molecule has 1 aromatic heterocycles. The number of nitrogens with zero attached hydrogens (tertiary/aromatic N) is 1. The Bertz CT molecular complexity index is 1060. The maximum atomic E-state index is 12.4. The van der Waals surface area contributed by atoms with Crippen LogP contribution in [0.1, 0.15) is 34.5 Å². The quantitative estimate of drug-likeness (QED) is 0.655. The van der Waals surface area contributed by atoms with Gasteiger partial charge in [0, 0.05) is 22.6 Å². The van der Waals surface area contributed by atoms with Gasteiger partial charge in [-0.05, 0) is 42.7 Å². The molecule has 0 radical (unpaired) electrons. The van der Waals surface area contributed by atoms with Crippen molar-refractivity contribution in [2.45, 2.75) is 25.5 Å². The number of para-hydroxylation sites is 1. The molecule has 2 heterocycles. The van der Waals surface area contributed by atoms with Crippen LogP contribution in [-0.4, -0.2) is 39.6 Å². The minimum Gasteiger partial charge on any atom is -0.478 e. The molecule has 0 aliphatic carbocycles. The van der Waals surface area contributed by atoms with Crippen LogP contribution in [0.2, 0.25) is 5.02 Å². The van der Waals surface area contributed by atoms with Crippen LogP contribution in [0.3, 0.4) is 0 Å². The highest BCUT2D eigenvalue weighted by molar-refractivity contribution is 6.30. The number of aromatic carboxylic acids is 1. The van der Waals surface area contributed by atoms with E-state index in [0.29, 0.717) is 23.5 Å². The van der Waals surface area contributed by atoms with Gasteiger partial charge in [0.15, 0.2) is 0 Å². The molecule has 1 aliphatic heterocycles. The number of benzene rings is 2. The van der Waals surface area contributed by atoms with Crippen molar-refractivity contribution < 1.29 is 19.4 Å². The van der Waals surface area contributed by atoms with E-state index in [0.717, 1.165) is 16.5 Å². The average molecular weight is 399 g/mol. The van der Waals surface area contributed by atoms with E-state index in [1.165, 1.54) is 0 Å². The summed E-state index contributed by atoms with van der Waals surface area (Å²) in [5.41, 5.74) is 2.66. The number of carbonyl (C=O) groups excluding carboxylic acids is 1. The van der Waals surface area contributed by atoms with E-state index in [-0.39, 0.29) is 23.8 Å². The van der Waals surface area contributed by atoms with Gasteiger partial charge < -0.3 is 19.7 Å². The first-order chi connectivity index (χ1) is 13.4. The largest absolute Gasteiger partial charge is 0.478 e. The van der Waals surface area contributed by atoms with E-state index in [2.05, 4.69) is 4.98 Å². The zero-order valence-corrected chi connectivity index (χ0v) is 15.9. The summed E-state index contributed by atoms with van der Waals surface area (Å²) in [4.78, 5) is 28.6. The van der Waals surface area contributed by atoms with Crippen molar-refractivity contribution in [3.05, 3.63) is 70.4 Å². The second-order valence-corrected chi connectivity index (χ2v) is 7.42. The van der Waals surface area contributed by atoms with Gasteiger partial charge in [-0.15, -0.1) is 0 Å². The van der Waals surface area contributed by atoms with Crippen LogP contribution < -0.4 is 0 Å². The maximum absolute atomic E-state index is 12.4. The second kappa shape index (κ2) is 7.20. The van der Waals surface area contributed by atoms with Gasteiger partial charge in [-0.25, -0.2) is 9.59 Å². The lowest BCUT2D eigenvalue weighted by Gasteiger charge is -2.21. The SMILES string of the molecule is C[C@H](Cc1c[nH]c2c(C(=O)O)cccc12)N1C[C@@H](c2cccc(Cl)c2)OC1=O. The van der Waals surface area contributed by atoms with Gasteiger partial charge in [-0.3, -0.25) is 0 Å². The summed E-state index contributed by atoms with van der Waals surface area (Å²) >= 11 is 6.04. The highest BCUT2D eigenvalue weighted by Gasteiger charge is 2.35. The van der Waals surface area contributed by atoms with Crippen molar-refractivity contribution in [1.29, 1.82) is 0 Å².